The quantitative estimate of drug-likeness (QED) is 0.353. The van der Waals surface area contributed by atoms with E-state index in [1.54, 1.807) is 31.4 Å². The van der Waals surface area contributed by atoms with Gasteiger partial charge in [0.2, 0.25) is 0 Å². The first-order valence-corrected chi connectivity index (χ1v) is 9.04. The molecule has 140 valence electrons. The van der Waals surface area contributed by atoms with Gasteiger partial charge in [0.25, 0.3) is 5.69 Å². The molecule has 1 heterocycles. The lowest BCUT2D eigenvalue weighted by Gasteiger charge is -2.15. The van der Waals surface area contributed by atoms with Crippen LogP contribution in [0.3, 0.4) is 0 Å². The Morgan fingerprint density at radius 1 is 1.22 bits per heavy atom. The van der Waals surface area contributed by atoms with E-state index in [4.69, 9.17) is 4.74 Å². The molecule has 1 saturated heterocycles. The van der Waals surface area contributed by atoms with Crippen LogP contribution in [0.1, 0.15) is 34.3 Å². The summed E-state index contributed by atoms with van der Waals surface area (Å²) in [5.41, 5.74) is 2.24. The van der Waals surface area contributed by atoms with Crippen LogP contribution in [-0.2, 0) is 6.54 Å². The third-order valence-corrected chi connectivity index (χ3v) is 4.82. The van der Waals surface area contributed by atoms with Gasteiger partial charge in [-0.25, -0.2) is 0 Å². The number of nitrogens with zero attached hydrogens (tertiary/aromatic N) is 1. The second-order valence-electron chi connectivity index (χ2n) is 6.71. The molecule has 0 aromatic heterocycles. The van der Waals surface area contributed by atoms with E-state index in [0.717, 1.165) is 30.9 Å². The number of carbonyl (C=O) groups is 1. The molecule has 6 heteroatoms. The molecule has 0 atom stereocenters. The number of carbonyl (C=O) groups excluding carboxylic acids is 1. The van der Waals surface area contributed by atoms with Crippen molar-refractivity contribution in [3.05, 3.63) is 75.3 Å². The van der Waals surface area contributed by atoms with Crippen molar-refractivity contribution >= 4 is 17.5 Å². The van der Waals surface area contributed by atoms with Gasteiger partial charge < -0.3 is 9.64 Å². The van der Waals surface area contributed by atoms with E-state index in [2.05, 4.69) is 0 Å². The minimum absolute atomic E-state index is 0.00456. The fourth-order valence-electron chi connectivity index (χ4n) is 3.40. The number of ketones is 1. The van der Waals surface area contributed by atoms with Crippen molar-refractivity contribution in [3.8, 4) is 5.75 Å². The monoisotopic (exact) mass is 367 g/mol. The van der Waals surface area contributed by atoms with E-state index in [1.807, 2.05) is 12.1 Å². The predicted molar refractivity (Wildman–Crippen MR) is 103 cm³/mol. The Morgan fingerprint density at radius 3 is 2.70 bits per heavy atom. The molecule has 2 aromatic rings. The molecule has 6 nitrogen and oxygen atoms in total. The Bertz CT molecular complexity index is 870. The van der Waals surface area contributed by atoms with Gasteiger partial charge in [-0.2, -0.15) is 0 Å². The first kappa shape index (κ1) is 18.8. The predicted octanol–water partition coefficient (Wildman–Crippen LogP) is 2.68. The summed E-state index contributed by atoms with van der Waals surface area (Å²) in [6.07, 6.45) is 5.53. The van der Waals surface area contributed by atoms with Gasteiger partial charge in [0, 0.05) is 36.1 Å². The average molecular weight is 367 g/mol. The summed E-state index contributed by atoms with van der Waals surface area (Å²) in [6.45, 7) is 3.14. The fourth-order valence-corrected chi connectivity index (χ4v) is 3.40. The summed E-state index contributed by atoms with van der Waals surface area (Å²) in [6, 6.07) is 11.7. The van der Waals surface area contributed by atoms with E-state index >= 15 is 0 Å². The number of allylic oxidation sites excluding steroid dienone is 1. The van der Waals surface area contributed by atoms with Crippen molar-refractivity contribution in [2.75, 3.05) is 20.2 Å². The van der Waals surface area contributed by atoms with Gasteiger partial charge in [0.1, 0.15) is 12.3 Å². The van der Waals surface area contributed by atoms with Crippen LogP contribution in [-0.4, -0.2) is 30.9 Å². The third kappa shape index (κ3) is 4.80. The molecule has 1 aliphatic heterocycles. The SMILES string of the molecule is COc1ccc(C(=O)/C=C/c2cccc([N+](=O)[O-])c2)cc1C[NH+]1CCCC1. The zero-order chi connectivity index (χ0) is 19.2. The molecule has 0 amide bonds. The Balaban J connectivity index is 1.77. The maximum atomic E-state index is 12.6. The molecule has 0 bridgehead atoms. The zero-order valence-corrected chi connectivity index (χ0v) is 15.3. The van der Waals surface area contributed by atoms with Crippen molar-refractivity contribution in [2.45, 2.75) is 19.4 Å². The fraction of sp³-hybridized carbons (Fsp3) is 0.286. The van der Waals surface area contributed by atoms with E-state index in [9.17, 15) is 14.9 Å². The van der Waals surface area contributed by atoms with Crippen molar-refractivity contribution in [3.63, 3.8) is 0 Å². The van der Waals surface area contributed by atoms with Crippen molar-refractivity contribution in [1.82, 2.24) is 0 Å². The number of methoxy groups -OCH3 is 1. The van der Waals surface area contributed by atoms with Crippen LogP contribution < -0.4 is 9.64 Å². The minimum Gasteiger partial charge on any atom is -0.496 e. The highest BCUT2D eigenvalue weighted by Crippen LogP contribution is 2.20. The average Bonchev–Trinajstić information content (AvgIpc) is 3.19. The summed E-state index contributed by atoms with van der Waals surface area (Å²) in [7, 11) is 1.64. The molecule has 0 spiro atoms. The highest BCUT2D eigenvalue weighted by molar-refractivity contribution is 6.07. The number of benzene rings is 2. The molecular weight excluding hydrogens is 344 g/mol. The summed E-state index contributed by atoms with van der Waals surface area (Å²) in [4.78, 5) is 24.5. The largest absolute Gasteiger partial charge is 0.496 e. The van der Waals surface area contributed by atoms with Gasteiger partial charge >= 0.3 is 0 Å². The second kappa shape index (κ2) is 8.60. The molecule has 1 aliphatic rings. The molecule has 0 radical (unpaired) electrons. The van der Waals surface area contributed by atoms with Crippen LogP contribution in [0.15, 0.2) is 48.5 Å². The van der Waals surface area contributed by atoms with Gasteiger partial charge in [-0.3, -0.25) is 14.9 Å². The molecule has 1 fully saturated rings. The van der Waals surface area contributed by atoms with Crippen LogP contribution in [0.4, 0.5) is 5.69 Å². The Morgan fingerprint density at radius 2 is 2.00 bits per heavy atom. The summed E-state index contributed by atoms with van der Waals surface area (Å²) < 4.78 is 5.45. The third-order valence-electron chi connectivity index (χ3n) is 4.82. The zero-order valence-electron chi connectivity index (χ0n) is 15.3. The number of non-ortho nitro benzene ring substituents is 1. The normalized spacial score (nSPS) is 14.6. The first-order chi connectivity index (χ1) is 13.1. The lowest BCUT2D eigenvalue weighted by atomic mass is 10.0. The lowest BCUT2D eigenvalue weighted by Crippen LogP contribution is -3.08. The molecule has 0 unspecified atom stereocenters. The number of hydrogen-bond acceptors (Lipinski definition) is 4. The lowest BCUT2D eigenvalue weighted by molar-refractivity contribution is -0.901. The smallest absolute Gasteiger partial charge is 0.270 e. The van der Waals surface area contributed by atoms with Crippen molar-refractivity contribution in [2.24, 2.45) is 0 Å². The standard InChI is InChI=1S/C21H22N2O4/c1-27-21-10-8-17(14-18(21)15-22-11-2-3-12-22)20(24)9-7-16-5-4-6-19(13-16)23(25)26/h4-10,13-14H,2-3,11-12,15H2,1H3/p+1/b9-7+. The van der Waals surface area contributed by atoms with E-state index in [1.165, 1.54) is 36.0 Å². The highest BCUT2D eigenvalue weighted by Gasteiger charge is 2.18. The topological polar surface area (TPSA) is 73.9 Å². The molecule has 27 heavy (non-hydrogen) atoms. The molecule has 0 saturated carbocycles. The van der Waals surface area contributed by atoms with Crippen LogP contribution in [0.25, 0.3) is 6.08 Å². The second-order valence-corrected chi connectivity index (χ2v) is 6.71. The van der Waals surface area contributed by atoms with Gasteiger partial charge in [0.05, 0.1) is 25.1 Å². The number of ether oxygens (including phenoxy) is 1. The van der Waals surface area contributed by atoms with Crippen molar-refractivity contribution in [1.29, 1.82) is 0 Å². The number of nitrogens with one attached hydrogen (secondary N) is 1. The van der Waals surface area contributed by atoms with Crippen LogP contribution in [0.5, 0.6) is 5.75 Å². The van der Waals surface area contributed by atoms with Crippen molar-refractivity contribution < 1.29 is 19.4 Å². The number of likely N-dealkylation sites (tertiary alicyclic amines) is 1. The van der Waals surface area contributed by atoms with Crippen LogP contribution in [0.2, 0.25) is 0 Å². The Labute approximate surface area is 158 Å². The molecular formula is C21H23N2O4+. The highest BCUT2D eigenvalue weighted by atomic mass is 16.6. The molecule has 0 aliphatic carbocycles. The van der Waals surface area contributed by atoms with E-state index in [-0.39, 0.29) is 11.5 Å². The van der Waals surface area contributed by atoms with Crippen LogP contribution >= 0.6 is 0 Å². The number of rotatable bonds is 7. The maximum Gasteiger partial charge on any atom is 0.270 e. The van der Waals surface area contributed by atoms with Gasteiger partial charge in [-0.15, -0.1) is 0 Å². The van der Waals surface area contributed by atoms with Gasteiger partial charge in [-0.05, 0) is 29.8 Å². The maximum absolute atomic E-state index is 12.6. The molecule has 3 rings (SSSR count). The number of hydrogen-bond donors (Lipinski definition) is 1. The van der Waals surface area contributed by atoms with Gasteiger partial charge in [0.15, 0.2) is 5.78 Å². The Hall–Kier alpha value is -2.99. The van der Waals surface area contributed by atoms with E-state index < -0.39 is 4.92 Å². The summed E-state index contributed by atoms with van der Waals surface area (Å²) in [5.74, 6) is 0.662. The minimum atomic E-state index is -0.449. The van der Waals surface area contributed by atoms with E-state index in [0.29, 0.717) is 11.1 Å². The Kier molecular flexibility index (Phi) is 5.98. The summed E-state index contributed by atoms with van der Waals surface area (Å²) >= 11 is 0. The number of quaternary nitrogens is 1. The molecule has 2 aromatic carbocycles. The number of nitro groups is 1. The van der Waals surface area contributed by atoms with Gasteiger partial charge in [-0.1, -0.05) is 18.2 Å². The first-order valence-electron chi connectivity index (χ1n) is 9.04. The van der Waals surface area contributed by atoms with Crippen LogP contribution in [0, 0.1) is 10.1 Å². The summed E-state index contributed by atoms with van der Waals surface area (Å²) in [5, 5.41) is 10.9. The molecule has 1 N–H and O–H groups in total. The number of nitro benzene ring substituents is 1.